The first-order chi connectivity index (χ1) is 16.9. The zero-order valence-electron chi connectivity index (χ0n) is 20.5. The smallest absolute Gasteiger partial charge is 0.416 e. The molecule has 1 aliphatic heterocycles. The number of carbonyl (C=O) groups excluding carboxylic acids is 1. The van der Waals surface area contributed by atoms with Crippen LogP contribution in [0.2, 0.25) is 0 Å². The van der Waals surface area contributed by atoms with Crippen LogP contribution in [0.15, 0.2) is 41.3 Å². The van der Waals surface area contributed by atoms with E-state index in [9.17, 15) is 18.4 Å². The van der Waals surface area contributed by atoms with E-state index in [0.717, 1.165) is 12.1 Å². The zero-order valence-corrected chi connectivity index (χ0v) is 20.5. The van der Waals surface area contributed by atoms with Gasteiger partial charge in [-0.2, -0.15) is 4.98 Å². The van der Waals surface area contributed by atoms with Crippen LogP contribution in [0, 0.1) is 18.6 Å². The van der Waals surface area contributed by atoms with Crippen molar-refractivity contribution in [2.45, 2.75) is 59.4 Å². The quantitative estimate of drug-likeness (QED) is 0.499. The molecule has 0 N–H and O–H groups in total. The van der Waals surface area contributed by atoms with Crippen molar-refractivity contribution in [1.29, 1.82) is 0 Å². The molecule has 4 rings (SSSR count). The standard InChI is InChI=1S/C25H26F2N4O5/c1-14-8-17(6-7-28-14)35-22-18(26)9-16(10-19(22)27)13-34-20-11-21-30(23(32)29-20)12-15(2)31(21)24(33)36-25(3,4)5/h6-11,15H,12-13H2,1-5H3/t15-/m0/s1. The molecule has 3 aromatic rings. The molecule has 3 heterocycles. The van der Waals surface area contributed by atoms with Gasteiger partial charge in [-0.3, -0.25) is 14.5 Å². The molecule has 1 amide bonds. The Morgan fingerprint density at radius 3 is 2.50 bits per heavy atom. The molecule has 0 fully saturated rings. The van der Waals surface area contributed by atoms with E-state index in [0.29, 0.717) is 5.69 Å². The Morgan fingerprint density at radius 2 is 1.86 bits per heavy atom. The first-order valence-corrected chi connectivity index (χ1v) is 11.3. The van der Waals surface area contributed by atoms with Gasteiger partial charge in [0.05, 0.1) is 6.04 Å². The molecule has 0 aliphatic carbocycles. The van der Waals surface area contributed by atoms with Crippen LogP contribution in [-0.2, 0) is 17.9 Å². The lowest BCUT2D eigenvalue weighted by molar-refractivity contribution is 0.0572. The fourth-order valence-electron chi connectivity index (χ4n) is 3.73. The van der Waals surface area contributed by atoms with E-state index in [4.69, 9.17) is 14.2 Å². The molecular formula is C25H26F2N4O5. The summed E-state index contributed by atoms with van der Waals surface area (Å²) in [5, 5.41) is 0. The van der Waals surface area contributed by atoms with Gasteiger partial charge in [0.1, 0.15) is 23.8 Å². The molecule has 0 spiro atoms. The number of ether oxygens (including phenoxy) is 3. The van der Waals surface area contributed by atoms with Gasteiger partial charge < -0.3 is 14.2 Å². The van der Waals surface area contributed by atoms with Gasteiger partial charge in [-0.15, -0.1) is 0 Å². The van der Waals surface area contributed by atoms with Gasteiger partial charge >= 0.3 is 11.8 Å². The Bertz CT molecular complexity index is 1350. The monoisotopic (exact) mass is 500 g/mol. The number of benzene rings is 1. The summed E-state index contributed by atoms with van der Waals surface area (Å²) < 4.78 is 46.9. The van der Waals surface area contributed by atoms with Crippen molar-refractivity contribution in [2.24, 2.45) is 0 Å². The Morgan fingerprint density at radius 1 is 1.17 bits per heavy atom. The van der Waals surface area contributed by atoms with Gasteiger partial charge in [-0.05, 0) is 58.4 Å². The van der Waals surface area contributed by atoms with Crippen LogP contribution in [-0.4, -0.2) is 32.3 Å². The zero-order chi connectivity index (χ0) is 26.2. The molecular weight excluding hydrogens is 474 g/mol. The second kappa shape index (κ2) is 9.56. The maximum absolute atomic E-state index is 14.6. The lowest BCUT2D eigenvalue weighted by Crippen LogP contribution is -2.40. The molecule has 0 saturated carbocycles. The third kappa shape index (κ3) is 5.45. The van der Waals surface area contributed by atoms with E-state index in [1.165, 1.54) is 27.8 Å². The van der Waals surface area contributed by atoms with Crippen molar-refractivity contribution in [1.82, 2.24) is 14.5 Å². The Hall–Kier alpha value is -4.02. The number of hydrogen-bond donors (Lipinski definition) is 0. The van der Waals surface area contributed by atoms with E-state index < -0.39 is 34.8 Å². The summed E-state index contributed by atoms with van der Waals surface area (Å²) >= 11 is 0. The number of carbonyl (C=O) groups is 1. The van der Waals surface area contributed by atoms with Crippen LogP contribution >= 0.6 is 0 Å². The van der Waals surface area contributed by atoms with E-state index in [2.05, 4.69) is 9.97 Å². The lowest BCUT2D eigenvalue weighted by atomic mass is 10.2. The number of pyridine rings is 1. The van der Waals surface area contributed by atoms with Gasteiger partial charge in [0.15, 0.2) is 17.4 Å². The molecule has 0 unspecified atom stereocenters. The van der Waals surface area contributed by atoms with Crippen LogP contribution in [0.4, 0.5) is 19.4 Å². The first-order valence-electron chi connectivity index (χ1n) is 11.3. The van der Waals surface area contributed by atoms with Gasteiger partial charge in [0.2, 0.25) is 5.88 Å². The highest BCUT2D eigenvalue weighted by Crippen LogP contribution is 2.31. The van der Waals surface area contributed by atoms with Crippen LogP contribution in [0.5, 0.6) is 17.4 Å². The van der Waals surface area contributed by atoms with Crippen LogP contribution < -0.4 is 20.1 Å². The van der Waals surface area contributed by atoms with Crippen LogP contribution in [0.3, 0.4) is 0 Å². The lowest BCUT2D eigenvalue weighted by Gasteiger charge is -2.26. The van der Waals surface area contributed by atoms with Gasteiger partial charge in [-0.25, -0.2) is 18.4 Å². The normalized spacial score (nSPS) is 15.0. The molecule has 36 heavy (non-hydrogen) atoms. The summed E-state index contributed by atoms with van der Waals surface area (Å²) in [7, 11) is 0. The van der Waals surface area contributed by atoms with Crippen molar-refractivity contribution in [3.05, 3.63) is 69.9 Å². The second-order valence-corrected chi connectivity index (χ2v) is 9.46. The molecule has 1 aromatic carbocycles. The third-order valence-corrected chi connectivity index (χ3v) is 5.22. The van der Waals surface area contributed by atoms with E-state index in [-0.39, 0.29) is 42.2 Å². The molecule has 0 bridgehead atoms. The van der Waals surface area contributed by atoms with Crippen molar-refractivity contribution >= 4 is 11.9 Å². The fourth-order valence-corrected chi connectivity index (χ4v) is 3.73. The maximum atomic E-state index is 14.6. The minimum atomic E-state index is -0.921. The van der Waals surface area contributed by atoms with Crippen molar-refractivity contribution < 1.29 is 27.8 Å². The highest BCUT2D eigenvalue weighted by atomic mass is 19.1. The summed E-state index contributed by atoms with van der Waals surface area (Å²) in [4.78, 5) is 34.5. The fraction of sp³-hybridized carbons (Fsp3) is 0.360. The number of hydrogen-bond acceptors (Lipinski definition) is 7. The Kier molecular flexibility index (Phi) is 6.66. The number of aromatic nitrogens is 3. The molecule has 11 heteroatoms. The van der Waals surface area contributed by atoms with Gasteiger partial charge in [-0.1, -0.05) is 0 Å². The maximum Gasteiger partial charge on any atom is 0.416 e. The van der Waals surface area contributed by atoms with E-state index >= 15 is 0 Å². The predicted octanol–water partition coefficient (Wildman–Crippen LogP) is 4.74. The first kappa shape index (κ1) is 25.1. The Labute approximate surface area is 206 Å². The van der Waals surface area contributed by atoms with Crippen molar-refractivity contribution in [2.75, 3.05) is 4.90 Å². The average Bonchev–Trinajstić information content (AvgIpc) is 3.10. The minimum Gasteiger partial charge on any atom is -0.473 e. The molecule has 1 atom stereocenters. The van der Waals surface area contributed by atoms with Crippen LogP contribution in [0.1, 0.15) is 39.0 Å². The van der Waals surface area contributed by atoms with Crippen LogP contribution in [0.25, 0.3) is 0 Å². The predicted molar refractivity (Wildman–Crippen MR) is 126 cm³/mol. The molecule has 1 aliphatic rings. The number of halogens is 2. The largest absolute Gasteiger partial charge is 0.473 e. The number of aryl methyl sites for hydroxylation is 1. The number of amides is 1. The topological polar surface area (TPSA) is 95.8 Å². The SMILES string of the molecule is Cc1cc(Oc2c(F)cc(COc3cc4n(c(=O)n3)C[C@H](C)N4C(=O)OC(C)(C)C)cc2F)ccn1. The molecule has 190 valence electrons. The van der Waals surface area contributed by atoms with E-state index in [1.807, 2.05) is 0 Å². The van der Waals surface area contributed by atoms with E-state index in [1.54, 1.807) is 40.7 Å². The molecule has 9 nitrogen and oxygen atoms in total. The summed E-state index contributed by atoms with van der Waals surface area (Å²) in [6.45, 7) is 8.70. The highest BCUT2D eigenvalue weighted by Gasteiger charge is 2.35. The number of anilines is 1. The van der Waals surface area contributed by atoms with Gasteiger partial charge in [0, 0.05) is 30.6 Å². The summed E-state index contributed by atoms with van der Waals surface area (Å²) in [6.07, 6.45) is 0.862. The highest BCUT2D eigenvalue weighted by molar-refractivity contribution is 5.88. The number of rotatable bonds is 5. The minimum absolute atomic E-state index is 0.0951. The van der Waals surface area contributed by atoms with Crippen molar-refractivity contribution in [3.8, 4) is 17.4 Å². The molecule has 0 saturated heterocycles. The third-order valence-electron chi connectivity index (χ3n) is 5.22. The molecule has 2 aromatic heterocycles. The average molecular weight is 501 g/mol. The molecule has 0 radical (unpaired) electrons. The van der Waals surface area contributed by atoms with Crippen molar-refractivity contribution in [3.63, 3.8) is 0 Å². The summed E-state index contributed by atoms with van der Waals surface area (Å²) in [5.41, 5.74) is -0.551. The second-order valence-electron chi connectivity index (χ2n) is 9.46. The summed E-state index contributed by atoms with van der Waals surface area (Å²) in [5.74, 6) is -1.98. The van der Waals surface area contributed by atoms with Gasteiger partial charge in [0.25, 0.3) is 0 Å². The number of fused-ring (bicyclic) bond motifs is 1. The Balaban J connectivity index is 1.53. The number of nitrogens with zero attached hydrogens (tertiary/aromatic N) is 4. The summed E-state index contributed by atoms with van der Waals surface area (Å²) in [6, 6.07) is 6.26.